The number of aromatic nitrogens is 3. The van der Waals surface area contributed by atoms with E-state index in [2.05, 4.69) is 15.2 Å². The second-order valence-electron chi connectivity index (χ2n) is 4.54. The van der Waals surface area contributed by atoms with E-state index in [4.69, 9.17) is 10.3 Å². The van der Waals surface area contributed by atoms with Gasteiger partial charge in [-0.15, -0.1) is 0 Å². The maximum absolute atomic E-state index is 5.85. The fraction of sp³-hybridized carbons (Fsp3) is 0.500. The number of rotatable bonds is 5. The Bertz CT molecular complexity index is 504. The Labute approximate surface area is 106 Å². The largest absolute Gasteiger partial charge is 0.361 e. The average Bonchev–Trinajstić information content (AvgIpc) is 2.89. The molecule has 0 radical (unpaired) electrons. The smallest absolute Gasteiger partial charge is 0.133 e. The van der Waals surface area contributed by atoms with Crippen molar-refractivity contribution >= 4 is 0 Å². The lowest BCUT2D eigenvalue weighted by atomic mass is 10.1. The van der Waals surface area contributed by atoms with E-state index in [1.165, 1.54) is 0 Å². The number of likely N-dealkylation sites (N-methyl/N-ethyl adjacent to an activating group) is 1. The Morgan fingerprint density at radius 2 is 2.33 bits per heavy atom. The van der Waals surface area contributed by atoms with E-state index in [0.29, 0.717) is 13.1 Å². The average molecular weight is 249 g/mol. The first kappa shape index (κ1) is 12.8. The predicted molar refractivity (Wildman–Crippen MR) is 67.7 cm³/mol. The van der Waals surface area contributed by atoms with Crippen LogP contribution in [0.2, 0.25) is 0 Å². The monoisotopic (exact) mass is 249 g/mol. The molecule has 0 spiro atoms. The van der Waals surface area contributed by atoms with E-state index in [0.717, 1.165) is 17.0 Å². The summed E-state index contributed by atoms with van der Waals surface area (Å²) in [5, 5.41) is 8.17. The van der Waals surface area contributed by atoms with E-state index < -0.39 is 0 Å². The highest BCUT2D eigenvalue weighted by Gasteiger charge is 2.18. The summed E-state index contributed by atoms with van der Waals surface area (Å²) in [5.74, 6) is 0.823. The number of aryl methyl sites for hydroxylation is 2. The SMILES string of the molecule is Cc1cc(CN(C)C(CN)c2cnn(C)c2)no1. The fourth-order valence-electron chi connectivity index (χ4n) is 2.04. The van der Waals surface area contributed by atoms with Gasteiger partial charge in [0.1, 0.15) is 5.76 Å². The first-order chi connectivity index (χ1) is 8.60. The molecule has 0 fully saturated rings. The minimum atomic E-state index is 0.135. The lowest BCUT2D eigenvalue weighted by Crippen LogP contribution is -2.30. The van der Waals surface area contributed by atoms with E-state index in [-0.39, 0.29) is 6.04 Å². The molecule has 6 heteroatoms. The Kier molecular flexibility index (Phi) is 3.78. The van der Waals surface area contributed by atoms with Crippen molar-refractivity contribution < 1.29 is 4.52 Å². The topological polar surface area (TPSA) is 73.1 Å². The van der Waals surface area contributed by atoms with Gasteiger partial charge in [-0.2, -0.15) is 5.10 Å². The van der Waals surface area contributed by atoms with Gasteiger partial charge in [0.25, 0.3) is 0 Å². The van der Waals surface area contributed by atoms with Crippen LogP contribution in [0.25, 0.3) is 0 Å². The van der Waals surface area contributed by atoms with Gasteiger partial charge in [0.05, 0.1) is 17.9 Å². The molecular formula is C12H19N5O. The lowest BCUT2D eigenvalue weighted by molar-refractivity contribution is 0.234. The summed E-state index contributed by atoms with van der Waals surface area (Å²) in [5.41, 5.74) is 7.88. The maximum atomic E-state index is 5.85. The number of nitrogens with two attached hydrogens (primary N) is 1. The van der Waals surface area contributed by atoms with Crippen molar-refractivity contribution in [2.45, 2.75) is 19.5 Å². The van der Waals surface area contributed by atoms with Crippen molar-refractivity contribution in [3.05, 3.63) is 35.5 Å². The molecule has 0 aliphatic carbocycles. The van der Waals surface area contributed by atoms with Gasteiger partial charge in [0.2, 0.25) is 0 Å². The second kappa shape index (κ2) is 5.32. The van der Waals surface area contributed by atoms with Crippen molar-refractivity contribution in [3.8, 4) is 0 Å². The van der Waals surface area contributed by atoms with Crippen LogP contribution < -0.4 is 5.73 Å². The zero-order valence-corrected chi connectivity index (χ0v) is 11.0. The number of hydrogen-bond donors (Lipinski definition) is 1. The minimum absolute atomic E-state index is 0.135. The van der Waals surface area contributed by atoms with Gasteiger partial charge < -0.3 is 10.3 Å². The molecule has 0 aromatic carbocycles. The zero-order chi connectivity index (χ0) is 13.1. The Hall–Kier alpha value is -1.66. The van der Waals surface area contributed by atoms with Crippen molar-refractivity contribution in [2.75, 3.05) is 13.6 Å². The highest BCUT2D eigenvalue weighted by Crippen LogP contribution is 2.19. The van der Waals surface area contributed by atoms with Crippen molar-refractivity contribution in [1.29, 1.82) is 0 Å². The summed E-state index contributed by atoms with van der Waals surface area (Å²) < 4.78 is 6.85. The van der Waals surface area contributed by atoms with Gasteiger partial charge in [0.15, 0.2) is 0 Å². The molecule has 6 nitrogen and oxygen atoms in total. The maximum Gasteiger partial charge on any atom is 0.133 e. The fourth-order valence-corrected chi connectivity index (χ4v) is 2.04. The molecule has 2 N–H and O–H groups in total. The summed E-state index contributed by atoms with van der Waals surface area (Å²) in [6.07, 6.45) is 3.84. The molecule has 0 amide bonds. The first-order valence-corrected chi connectivity index (χ1v) is 5.91. The van der Waals surface area contributed by atoms with Crippen LogP contribution in [0.3, 0.4) is 0 Å². The Morgan fingerprint density at radius 3 is 2.83 bits per heavy atom. The highest BCUT2D eigenvalue weighted by molar-refractivity contribution is 5.12. The van der Waals surface area contributed by atoms with Crippen LogP contribution in [-0.2, 0) is 13.6 Å². The minimum Gasteiger partial charge on any atom is -0.361 e. The molecular weight excluding hydrogens is 230 g/mol. The van der Waals surface area contributed by atoms with Crippen LogP contribution in [0, 0.1) is 6.92 Å². The van der Waals surface area contributed by atoms with E-state index >= 15 is 0 Å². The van der Waals surface area contributed by atoms with Gasteiger partial charge >= 0.3 is 0 Å². The summed E-state index contributed by atoms with van der Waals surface area (Å²) in [7, 11) is 3.92. The highest BCUT2D eigenvalue weighted by atomic mass is 16.5. The normalized spacial score (nSPS) is 13.2. The number of hydrogen-bond acceptors (Lipinski definition) is 5. The molecule has 18 heavy (non-hydrogen) atoms. The van der Waals surface area contributed by atoms with Crippen LogP contribution in [0.15, 0.2) is 23.0 Å². The van der Waals surface area contributed by atoms with Crippen molar-refractivity contribution in [2.24, 2.45) is 12.8 Å². The molecule has 2 aromatic rings. The quantitative estimate of drug-likeness (QED) is 0.850. The first-order valence-electron chi connectivity index (χ1n) is 5.91. The van der Waals surface area contributed by atoms with Gasteiger partial charge in [-0.05, 0) is 14.0 Å². The third-order valence-corrected chi connectivity index (χ3v) is 2.95. The van der Waals surface area contributed by atoms with Crippen LogP contribution in [-0.4, -0.2) is 33.4 Å². The molecule has 0 aliphatic rings. The van der Waals surface area contributed by atoms with Crippen LogP contribution in [0.5, 0.6) is 0 Å². The molecule has 0 saturated carbocycles. The van der Waals surface area contributed by atoms with Gasteiger partial charge in [-0.25, -0.2) is 0 Å². The summed E-state index contributed by atoms with van der Waals surface area (Å²) in [6.45, 7) is 3.13. The molecule has 2 aromatic heterocycles. The molecule has 0 aliphatic heterocycles. The lowest BCUT2D eigenvalue weighted by Gasteiger charge is -2.24. The molecule has 0 saturated heterocycles. The van der Waals surface area contributed by atoms with Crippen molar-refractivity contribution in [3.63, 3.8) is 0 Å². The van der Waals surface area contributed by atoms with E-state index in [1.54, 1.807) is 4.68 Å². The van der Waals surface area contributed by atoms with E-state index in [1.807, 2.05) is 39.5 Å². The molecule has 1 unspecified atom stereocenters. The molecule has 2 rings (SSSR count). The molecule has 2 heterocycles. The summed E-state index contributed by atoms with van der Waals surface area (Å²) in [4.78, 5) is 2.15. The zero-order valence-electron chi connectivity index (χ0n) is 11.0. The van der Waals surface area contributed by atoms with Gasteiger partial charge in [0, 0.05) is 38.0 Å². The van der Waals surface area contributed by atoms with Crippen LogP contribution in [0.4, 0.5) is 0 Å². The number of nitrogens with zero attached hydrogens (tertiary/aromatic N) is 4. The second-order valence-corrected chi connectivity index (χ2v) is 4.54. The molecule has 1 atom stereocenters. The molecule has 0 bridgehead atoms. The van der Waals surface area contributed by atoms with E-state index in [9.17, 15) is 0 Å². The third kappa shape index (κ3) is 2.77. The summed E-state index contributed by atoms with van der Waals surface area (Å²) in [6, 6.07) is 2.07. The van der Waals surface area contributed by atoms with Crippen molar-refractivity contribution in [1.82, 2.24) is 19.8 Å². The Balaban J connectivity index is 2.08. The predicted octanol–water partition coefficient (Wildman–Crippen LogP) is 0.848. The Morgan fingerprint density at radius 1 is 1.56 bits per heavy atom. The summed E-state index contributed by atoms with van der Waals surface area (Å²) >= 11 is 0. The van der Waals surface area contributed by atoms with Crippen LogP contribution in [0.1, 0.15) is 23.1 Å². The third-order valence-electron chi connectivity index (χ3n) is 2.95. The molecule has 98 valence electrons. The van der Waals surface area contributed by atoms with Crippen LogP contribution >= 0.6 is 0 Å². The van der Waals surface area contributed by atoms with Gasteiger partial charge in [-0.3, -0.25) is 9.58 Å². The standard InChI is InChI=1S/C12H19N5O/c1-9-4-11(15-18-9)8-16(2)12(5-13)10-6-14-17(3)7-10/h4,6-7,12H,5,8,13H2,1-3H3. The van der Waals surface area contributed by atoms with Gasteiger partial charge in [-0.1, -0.05) is 5.16 Å².